The Labute approximate surface area is 140 Å². The first kappa shape index (κ1) is 15.9. The van der Waals surface area contributed by atoms with Crippen LogP contribution in [0.15, 0.2) is 47.6 Å². The van der Waals surface area contributed by atoms with Gasteiger partial charge in [-0.1, -0.05) is 12.1 Å². The molecule has 0 unspecified atom stereocenters. The van der Waals surface area contributed by atoms with Crippen molar-refractivity contribution in [1.82, 2.24) is 5.43 Å². The number of hydrogen-bond acceptors (Lipinski definition) is 5. The Hall–Kier alpha value is -3.02. The van der Waals surface area contributed by atoms with E-state index in [4.69, 9.17) is 14.2 Å². The molecule has 0 aliphatic carbocycles. The lowest BCUT2D eigenvalue weighted by Gasteiger charge is -2.13. The minimum absolute atomic E-state index is 0.223. The molecule has 0 aromatic heterocycles. The first-order chi connectivity index (χ1) is 11.6. The lowest BCUT2D eigenvalue weighted by molar-refractivity contribution is -0.127. The zero-order chi connectivity index (χ0) is 16.9. The van der Waals surface area contributed by atoms with Gasteiger partial charge in [0.05, 0.1) is 6.21 Å². The molecule has 0 fully saturated rings. The van der Waals surface area contributed by atoms with Crippen LogP contribution in [0.25, 0.3) is 0 Å². The average molecular weight is 326 g/mol. The van der Waals surface area contributed by atoms with Crippen LogP contribution in [-0.2, 0) is 4.79 Å². The van der Waals surface area contributed by atoms with E-state index in [0.717, 1.165) is 11.1 Å². The van der Waals surface area contributed by atoms with Gasteiger partial charge in [0.25, 0.3) is 5.91 Å². The Kier molecular flexibility index (Phi) is 4.65. The van der Waals surface area contributed by atoms with Crippen LogP contribution in [0, 0.1) is 6.92 Å². The third-order valence-corrected chi connectivity index (χ3v) is 3.46. The molecule has 0 radical (unpaired) electrons. The van der Waals surface area contributed by atoms with E-state index in [1.807, 2.05) is 37.3 Å². The summed E-state index contributed by atoms with van der Waals surface area (Å²) in [6.45, 7) is 3.86. The second-order valence-electron chi connectivity index (χ2n) is 5.42. The predicted molar refractivity (Wildman–Crippen MR) is 89.6 cm³/mol. The number of carbonyl (C=O) groups is 1. The van der Waals surface area contributed by atoms with Gasteiger partial charge in [-0.05, 0) is 55.3 Å². The highest BCUT2D eigenvalue weighted by atomic mass is 16.7. The molecular formula is C18H18N2O4. The molecule has 0 saturated heterocycles. The number of ether oxygens (including phenoxy) is 3. The zero-order valence-corrected chi connectivity index (χ0v) is 13.5. The summed E-state index contributed by atoms with van der Waals surface area (Å²) < 4.78 is 16.1. The maximum Gasteiger partial charge on any atom is 0.280 e. The number of nitrogens with zero attached hydrogens (tertiary/aromatic N) is 1. The first-order valence-electron chi connectivity index (χ1n) is 7.58. The number of aryl methyl sites for hydroxylation is 1. The minimum Gasteiger partial charge on any atom is -0.481 e. The number of amides is 1. The maximum absolute atomic E-state index is 12.0. The lowest BCUT2D eigenvalue weighted by atomic mass is 10.2. The van der Waals surface area contributed by atoms with Gasteiger partial charge in [0.15, 0.2) is 17.6 Å². The smallest absolute Gasteiger partial charge is 0.280 e. The van der Waals surface area contributed by atoms with Crippen molar-refractivity contribution in [3.8, 4) is 17.2 Å². The molecule has 1 amide bonds. The highest BCUT2D eigenvalue weighted by molar-refractivity contribution is 5.85. The van der Waals surface area contributed by atoms with Gasteiger partial charge < -0.3 is 14.2 Å². The Morgan fingerprint density at radius 1 is 1.25 bits per heavy atom. The first-order valence-corrected chi connectivity index (χ1v) is 7.58. The number of hydrazone groups is 1. The molecule has 124 valence electrons. The molecule has 6 heteroatoms. The summed E-state index contributed by atoms with van der Waals surface area (Å²) in [5, 5.41) is 3.95. The molecule has 1 aliphatic heterocycles. The SMILES string of the molecule is Cc1cccc(O[C@H](C)C(=O)N/N=C\c2ccc3c(c2)OCO3)c1. The van der Waals surface area contributed by atoms with Gasteiger partial charge in [-0.3, -0.25) is 4.79 Å². The molecule has 2 aromatic rings. The van der Waals surface area contributed by atoms with Crippen molar-refractivity contribution in [1.29, 1.82) is 0 Å². The van der Waals surface area contributed by atoms with Crippen LogP contribution in [0.3, 0.4) is 0 Å². The van der Waals surface area contributed by atoms with Gasteiger partial charge in [0.1, 0.15) is 5.75 Å². The van der Waals surface area contributed by atoms with Crippen molar-refractivity contribution >= 4 is 12.1 Å². The highest BCUT2D eigenvalue weighted by Crippen LogP contribution is 2.31. The van der Waals surface area contributed by atoms with Gasteiger partial charge in [-0.2, -0.15) is 5.10 Å². The van der Waals surface area contributed by atoms with Gasteiger partial charge in [0.2, 0.25) is 6.79 Å². The summed E-state index contributed by atoms with van der Waals surface area (Å²) >= 11 is 0. The van der Waals surface area contributed by atoms with Crippen LogP contribution < -0.4 is 19.6 Å². The largest absolute Gasteiger partial charge is 0.481 e. The molecule has 0 bridgehead atoms. The van der Waals surface area contributed by atoms with E-state index in [0.29, 0.717) is 17.2 Å². The van der Waals surface area contributed by atoms with Crippen molar-refractivity contribution < 1.29 is 19.0 Å². The number of nitrogens with one attached hydrogen (secondary N) is 1. The molecule has 6 nitrogen and oxygen atoms in total. The summed E-state index contributed by atoms with van der Waals surface area (Å²) in [4.78, 5) is 12.0. The van der Waals surface area contributed by atoms with E-state index >= 15 is 0 Å². The van der Waals surface area contributed by atoms with Crippen LogP contribution in [0.2, 0.25) is 0 Å². The van der Waals surface area contributed by atoms with Gasteiger partial charge in [-0.25, -0.2) is 5.43 Å². The van der Waals surface area contributed by atoms with Crippen molar-refractivity contribution in [3.05, 3.63) is 53.6 Å². The summed E-state index contributed by atoms with van der Waals surface area (Å²) in [5.41, 5.74) is 4.34. The second-order valence-corrected chi connectivity index (χ2v) is 5.42. The molecule has 2 aromatic carbocycles. The predicted octanol–water partition coefficient (Wildman–Crippen LogP) is 2.64. The van der Waals surface area contributed by atoms with Gasteiger partial charge in [-0.15, -0.1) is 0 Å². The molecular weight excluding hydrogens is 308 g/mol. The molecule has 1 heterocycles. The van der Waals surface area contributed by atoms with Crippen molar-refractivity contribution in [3.63, 3.8) is 0 Å². The summed E-state index contributed by atoms with van der Waals surface area (Å²) in [5.74, 6) is 1.70. The summed E-state index contributed by atoms with van der Waals surface area (Å²) in [6.07, 6.45) is 0.889. The van der Waals surface area contributed by atoms with Gasteiger partial charge in [0, 0.05) is 0 Å². The van der Waals surface area contributed by atoms with Crippen molar-refractivity contribution in [2.45, 2.75) is 20.0 Å². The standard InChI is InChI=1S/C18H18N2O4/c1-12-4-3-5-15(8-12)24-13(2)18(21)20-19-10-14-6-7-16-17(9-14)23-11-22-16/h3-10,13H,11H2,1-2H3,(H,20,21)/b19-10-/t13-/m1/s1. The van der Waals surface area contributed by atoms with Crippen LogP contribution in [0.5, 0.6) is 17.2 Å². The maximum atomic E-state index is 12.0. The van der Waals surface area contributed by atoms with Crippen LogP contribution in [-0.4, -0.2) is 25.0 Å². The monoisotopic (exact) mass is 326 g/mol. The third-order valence-electron chi connectivity index (χ3n) is 3.46. The number of rotatable bonds is 5. The van der Waals surface area contributed by atoms with Gasteiger partial charge >= 0.3 is 0 Å². The van der Waals surface area contributed by atoms with Crippen molar-refractivity contribution in [2.24, 2.45) is 5.10 Å². The second kappa shape index (κ2) is 7.04. The number of carbonyl (C=O) groups excluding carboxylic acids is 1. The molecule has 3 rings (SSSR count). The Morgan fingerprint density at radius 2 is 2.08 bits per heavy atom. The Morgan fingerprint density at radius 3 is 2.92 bits per heavy atom. The molecule has 0 spiro atoms. The lowest BCUT2D eigenvalue weighted by Crippen LogP contribution is -2.33. The van der Waals surface area contributed by atoms with Crippen LogP contribution >= 0.6 is 0 Å². The number of fused-ring (bicyclic) bond motifs is 1. The molecule has 0 saturated carbocycles. The topological polar surface area (TPSA) is 69.2 Å². The van der Waals surface area contributed by atoms with E-state index in [2.05, 4.69) is 10.5 Å². The highest BCUT2D eigenvalue weighted by Gasteiger charge is 2.14. The number of benzene rings is 2. The molecule has 24 heavy (non-hydrogen) atoms. The molecule has 1 N–H and O–H groups in total. The van der Waals surface area contributed by atoms with E-state index in [1.54, 1.807) is 25.3 Å². The van der Waals surface area contributed by atoms with Crippen LogP contribution in [0.4, 0.5) is 0 Å². The fourth-order valence-electron chi connectivity index (χ4n) is 2.20. The molecule has 1 atom stereocenters. The fourth-order valence-corrected chi connectivity index (χ4v) is 2.20. The Balaban J connectivity index is 1.54. The van der Waals surface area contributed by atoms with E-state index in [-0.39, 0.29) is 12.7 Å². The summed E-state index contributed by atoms with van der Waals surface area (Å²) in [6, 6.07) is 13.0. The quantitative estimate of drug-likeness (QED) is 0.677. The molecule has 1 aliphatic rings. The zero-order valence-electron chi connectivity index (χ0n) is 13.5. The summed E-state index contributed by atoms with van der Waals surface area (Å²) in [7, 11) is 0. The van der Waals surface area contributed by atoms with Crippen molar-refractivity contribution in [2.75, 3.05) is 6.79 Å². The fraction of sp³-hybridized carbons (Fsp3) is 0.222. The Bertz CT molecular complexity index is 773. The number of hydrogen-bond donors (Lipinski definition) is 1. The van der Waals surface area contributed by atoms with E-state index < -0.39 is 6.10 Å². The van der Waals surface area contributed by atoms with Crippen LogP contribution in [0.1, 0.15) is 18.1 Å². The van der Waals surface area contributed by atoms with E-state index in [1.165, 1.54) is 0 Å². The average Bonchev–Trinajstić information content (AvgIpc) is 3.02. The minimum atomic E-state index is -0.652. The van der Waals surface area contributed by atoms with E-state index in [9.17, 15) is 4.79 Å². The third kappa shape index (κ3) is 3.84. The normalized spacial score (nSPS) is 13.8.